The molecule has 0 spiro atoms. The van der Waals surface area contributed by atoms with Gasteiger partial charge in [0.25, 0.3) is 0 Å². The number of hydrogen-bond donors (Lipinski definition) is 2. The summed E-state index contributed by atoms with van der Waals surface area (Å²) in [6.07, 6.45) is 3.55. The molecule has 2 heterocycles. The monoisotopic (exact) mass is 517 g/mol. The molecule has 1 aliphatic heterocycles. The van der Waals surface area contributed by atoms with Crippen LogP contribution in [0.25, 0.3) is 0 Å². The van der Waals surface area contributed by atoms with Crippen molar-refractivity contribution in [2.45, 2.75) is 6.42 Å². The number of piperazine rings is 1. The van der Waals surface area contributed by atoms with Crippen LogP contribution in [-0.2, 0) is 4.79 Å². The van der Waals surface area contributed by atoms with Gasteiger partial charge in [0.05, 0.1) is 12.2 Å². The van der Waals surface area contributed by atoms with E-state index in [1.54, 1.807) is 23.4 Å². The summed E-state index contributed by atoms with van der Waals surface area (Å²) in [7, 11) is 0. The van der Waals surface area contributed by atoms with Gasteiger partial charge in [0.2, 0.25) is 11.9 Å². The Labute approximate surface area is 184 Å². The van der Waals surface area contributed by atoms with E-state index in [1.165, 1.54) is 0 Å². The molecule has 1 amide bonds. The average Bonchev–Trinajstić information content (AvgIpc) is 2.71. The van der Waals surface area contributed by atoms with Gasteiger partial charge in [-0.1, -0.05) is 0 Å². The number of anilines is 2. The molecule has 1 saturated heterocycles. The van der Waals surface area contributed by atoms with Gasteiger partial charge in [0.15, 0.2) is 5.96 Å². The fourth-order valence-electron chi connectivity index (χ4n) is 2.81. The fourth-order valence-corrected chi connectivity index (χ4v) is 2.81. The number of amides is 1. The molecule has 0 atom stereocenters. The number of nitrogens with zero attached hydrogens (tertiary/aromatic N) is 5. The number of guanidine groups is 1. The Bertz CT molecular complexity index is 845. The molecule has 29 heavy (non-hydrogen) atoms. The van der Waals surface area contributed by atoms with Gasteiger partial charge in [-0.3, -0.25) is 9.79 Å². The molecule has 1 fully saturated rings. The van der Waals surface area contributed by atoms with E-state index < -0.39 is 11.6 Å². The second-order valence-electron chi connectivity index (χ2n) is 6.18. The molecular formula is C18H22F2IN7O. The first-order chi connectivity index (χ1) is 13.5. The number of rotatable bonds is 5. The highest BCUT2D eigenvalue weighted by molar-refractivity contribution is 14.0. The Hall–Kier alpha value is -2.57. The molecular weight excluding hydrogens is 495 g/mol. The zero-order valence-electron chi connectivity index (χ0n) is 15.6. The summed E-state index contributed by atoms with van der Waals surface area (Å²) in [6.45, 7) is 2.60. The lowest BCUT2D eigenvalue weighted by Gasteiger charge is -2.34. The van der Waals surface area contributed by atoms with Gasteiger partial charge >= 0.3 is 0 Å². The lowest BCUT2D eigenvalue weighted by Crippen LogP contribution is -2.49. The van der Waals surface area contributed by atoms with Crippen LogP contribution in [0.2, 0.25) is 0 Å². The van der Waals surface area contributed by atoms with E-state index in [-0.39, 0.29) is 54.5 Å². The van der Waals surface area contributed by atoms with Gasteiger partial charge < -0.3 is 20.9 Å². The normalized spacial score (nSPS) is 14.3. The third kappa shape index (κ3) is 6.48. The number of halogens is 3. The van der Waals surface area contributed by atoms with Gasteiger partial charge in [-0.15, -0.1) is 24.0 Å². The SMILES string of the molecule is I.NC(=NCCC(=O)N1CCN(c2ncccn2)CC1)Nc1cc(F)ccc1F. The highest BCUT2D eigenvalue weighted by Gasteiger charge is 2.22. The number of carbonyl (C=O) groups excluding carboxylic acids is 1. The van der Waals surface area contributed by atoms with Gasteiger partial charge in [-0.25, -0.2) is 18.7 Å². The summed E-state index contributed by atoms with van der Waals surface area (Å²) < 4.78 is 26.7. The lowest BCUT2D eigenvalue weighted by molar-refractivity contribution is -0.131. The van der Waals surface area contributed by atoms with Crippen LogP contribution in [0, 0.1) is 11.6 Å². The van der Waals surface area contributed by atoms with E-state index >= 15 is 0 Å². The van der Waals surface area contributed by atoms with Gasteiger partial charge in [0, 0.05) is 51.1 Å². The molecule has 0 unspecified atom stereocenters. The highest BCUT2D eigenvalue weighted by atomic mass is 127. The molecule has 156 valence electrons. The molecule has 0 radical (unpaired) electrons. The molecule has 1 aromatic heterocycles. The zero-order valence-corrected chi connectivity index (χ0v) is 17.9. The number of hydrogen-bond acceptors (Lipinski definition) is 5. The molecule has 2 aromatic rings. The first-order valence-corrected chi connectivity index (χ1v) is 8.84. The van der Waals surface area contributed by atoms with E-state index in [4.69, 9.17) is 5.73 Å². The Morgan fingerprint density at radius 3 is 2.55 bits per heavy atom. The number of nitrogens with two attached hydrogens (primary N) is 1. The third-order valence-electron chi connectivity index (χ3n) is 4.27. The summed E-state index contributed by atoms with van der Waals surface area (Å²) in [6, 6.07) is 4.75. The van der Waals surface area contributed by atoms with Crippen molar-refractivity contribution in [2.24, 2.45) is 10.7 Å². The number of benzene rings is 1. The second-order valence-corrected chi connectivity index (χ2v) is 6.18. The summed E-state index contributed by atoms with van der Waals surface area (Å²) in [5.41, 5.74) is 5.57. The predicted octanol–water partition coefficient (Wildman–Crippen LogP) is 1.84. The minimum Gasteiger partial charge on any atom is -0.370 e. The largest absolute Gasteiger partial charge is 0.370 e. The summed E-state index contributed by atoms with van der Waals surface area (Å²) in [4.78, 5) is 28.5. The topological polar surface area (TPSA) is 99.7 Å². The van der Waals surface area contributed by atoms with E-state index in [0.717, 1.165) is 18.2 Å². The summed E-state index contributed by atoms with van der Waals surface area (Å²) >= 11 is 0. The van der Waals surface area contributed by atoms with E-state index in [0.29, 0.717) is 32.1 Å². The molecule has 1 aromatic carbocycles. The first kappa shape index (κ1) is 22.7. The molecule has 0 saturated carbocycles. The molecule has 3 rings (SSSR count). The third-order valence-corrected chi connectivity index (χ3v) is 4.27. The second kappa shape index (κ2) is 10.8. The molecule has 0 bridgehead atoms. The number of aromatic nitrogens is 2. The van der Waals surface area contributed by atoms with Crippen LogP contribution in [0.3, 0.4) is 0 Å². The standard InChI is InChI=1S/C18H21F2N7O.HI/c19-13-2-3-14(20)15(12-13)25-17(21)22-7-4-16(28)26-8-10-27(11-9-26)18-23-5-1-6-24-18;/h1-3,5-6,12H,4,7-11H2,(H3,21,22,25);1H. The predicted molar refractivity (Wildman–Crippen MR) is 117 cm³/mol. The van der Waals surface area contributed by atoms with Crippen LogP contribution in [0.4, 0.5) is 20.4 Å². The summed E-state index contributed by atoms with van der Waals surface area (Å²) in [5, 5.41) is 2.50. The first-order valence-electron chi connectivity index (χ1n) is 8.84. The number of nitrogens with one attached hydrogen (secondary N) is 1. The maximum absolute atomic E-state index is 13.6. The fraction of sp³-hybridized carbons (Fsp3) is 0.333. The van der Waals surface area contributed by atoms with Gasteiger partial charge in [0.1, 0.15) is 11.6 Å². The van der Waals surface area contributed by atoms with E-state index in [9.17, 15) is 13.6 Å². The van der Waals surface area contributed by atoms with E-state index in [2.05, 4.69) is 20.3 Å². The van der Waals surface area contributed by atoms with Crippen LogP contribution >= 0.6 is 24.0 Å². The maximum Gasteiger partial charge on any atom is 0.225 e. The maximum atomic E-state index is 13.6. The van der Waals surface area contributed by atoms with Crippen LogP contribution in [0.1, 0.15) is 6.42 Å². The van der Waals surface area contributed by atoms with Crippen molar-refractivity contribution in [1.29, 1.82) is 0 Å². The van der Waals surface area contributed by atoms with Crippen molar-refractivity contribution in [1.82, 2.24) is 14.9 Å². The highest BCUT2D eigenvalue weighted by Crippen LogP contribution is 2.15. The van der Waals surface area contributed by atoms with Crippen molar-refractivity contribution in [2.75, 3.05) is 42.9 Å². The average molecular weight is 517 g/mol. The molecule has 0 aliphatic carbocycles. The van der Waals surface area contributed by atoms with Crippen molar-refractivity contribution in [3.05, 3.63) is 48.3 Å². The van der Waals surface area contributed by atoms with Crippen LogP contribution in [0.15, 0.2) is 41.7 Å². The van der Waals surface area contributed by atoms with Crippen molar-refractivity contribution >= 4 is 47.5 Å². The van der Waals surface area contributed by atoms with Crippen molar-refractivity contribution < 1.29 is 13.6 Å². The number of carbonyl (C=O) groups is 1. The zero-order chi connectivity index (χ0) is 19.9. The Morgan fingerprint density at radius 1 is 1.17 bits per heavy atom. The number of aliphatic imine (C=N–C) groups is 1. The molecule has 3 N–H and O–H groups in total. The lowest BCUT2D eigenvalue weighted by atomic mass is 10.3. The molecule has 8 nitrogen and oxygen atoms in total. The van der Waals surface area contributed by atoms with Crippen molar-refractivity contribution in [3.8, 4) is 0 Å². The van der Waals surface area contributed by atoms with Gasteiger partial charge in [-0.05, 0) is 18.2 Å². The van der Waals surface area contributed by atoms with Crippen molar-refractivity contribution in [3.63, 3.8) is 0 Å². The Balaban J connectivity index is 0.00000300. The molecule has 11 heteroatoms. The van der Waals surface area contributed by atoms with Crippen LogP contribution < -0.4 is 16.0 Å². The smallest absolute Gasteiger partial charge is 0.225 e. The Morgan fingerprint density at radius 2 is 1.86 bits per heavy atom. The van der Waals surface area contributed by atoms with Crippen LogP contribution in [-0.4, -0.2) is 59.5 Å². The summed E-state index contributed by atoms with van der Waals surface area (Å²) in [5.74, 6) is -0.698. The minimum atomic E-state index is -0.643. The molecule has 1 aliphatic rings. The minimum absolute atomic E-state index is 0. The van der Waals surface area contributed by atoms with Gasteiger partial charge in [-0.2, -0.15) is 0 Å². The Kier molecular flexibility index (Phi) is 8.49. The quantitative estimate of drug-likeness (QED) is 0.357. The van der Waals surface area contributed by atoms with Crippen LogP contribution in [0.5, 0.6) is 0 Å². The van der Waals surface area contributed by atoms with E-state index in [1.807, 2.05) is 4.90 Å².